The minimum absolute atomic E-state index is 0.0623. The fourth-order valence-electron chi connectivity index (χ4n) is 3.17. The highest BCUT2D eigenvalue weighted by atomic mass is 32.2. The molecular weight excluding hydrogens is 320 g/mol. The summed E-state index contributed by atoms with van der Waals surface area (Å²) in [7, 11) is -3.99. The zero-order valence-corrected chi connectivity index (χ0v) is 12.1. The zero-order chi connectivity index (χ0) is 16.1. The Morgan fingerprint density at radius 1 is 1.32 bits per heavy atom. The molecule has 6 nitrogen and oxygen atoms in total. The third-order valence-corrected chi connectivity index (χ3v) is 6.14. The number of aliphatic carboxylic acids is 1. The lowest BCUT2D eigenvalue weighted by Gasteiger charge is -2.37. The van der Waals surface area contributed by atoms with Gasteiger partial charge in [-0.2, -0.15) is 13.1 Å². The molecular formula is C13H13F2NO5S. The second-order valence-electron chi connectivity index (χ2n) is 5.50. The number of hydrogen-bond donors (Lipinski definition) is 1. The number of fused-ring (bicyclic) bond motifs is 1. The molecule has 0 unspecified atom stereocenters. The first-order chi connectivity index (χ1) is 10.3. The maximum absolute atomic E-state index is 12.6. The monoisotopic (exact) mass is 333 g/mol. The van der Waals surface area contributed by atoms with Crippen molar-refractivity contribution in [1.82, 2.24) is 4.31 Å². The molecule has 120 valence electrons. The topological polar surface area (TPSA) is 83.9 Å². The minimum Gasteiger partial charge on any atom is -0.480 e. The first-order valence-electron chi connectivity index (χ1n) is 6.57. The summed E-state index contributed by atoms with van der Waals surface area (Å²) in [5.74, 6) is -1.25. The molecule has 1 aromatic rings. The third kappa shape index (κ3) is 2.15. The van der Waals surface area contributed by atoms with Gasteiger partial charge in [-0.1, -0.05) is 0 Å². The van der Waals surface area contributed by atoms with Crippen molar-refractivity contribution >= 4 is 16.0 Å². The van der Waals surface area contributed by atoms with Gasteiger partial charge in [0.1, 0.15) is 11.3 Å². The smallest absolute Gasteiger partial charge is 0.387 e. The van der Waals surface area contributed by atoms with Crippen LogP contribution in [0.2, 0.25) is 0 Å². The largest absolute Gasteiger partial charge is 0.480 e. The van der Waals surface area contributed by atoms with Crippen molar-refractivity contribution in [3.05, 3.63) is 24.3 Å². The molecule has 2 saturated heterocycles. The molecule has 1 saturated carbocycles. The summed E-state index contributed by atoms with van der Waals surface area (Å²) in [4.78, 5) is 11.3. The molecule has 2 heterocycles. The zero-order valence-electron chi connectivity index (χ0n) is 11.3. The van der Waals surface area contributed by atoms with Gasteiger partial charge in [0.15, 0.2) is 0 Å². The molecule has 1 aromatic carbocycles. The number of carboxylic acid groups (broad SMARTS) is 1. The summed E-state index contributed by atoms with van der Waals surface area (Å²) in [5.41, 5.74) is -1.36. The minimum atomic E-state index is -3.99. The quantitative estimate of drug-likeness (QED) is 0.883. The number of sulfonamides is 1. The molecule has 3 aliphatic rings. The van der Waals surface area contributed by atoms with Crippen LogP contribution in [0.4, 0.5) is 8.78 Å². The van der Waals surface area contributed by atoms with Crippen molar-refractivity contribution in [3.63, 3.8) is 0 Å². The Labute approximate surface area is 125 Å². The van der Waals surface area contributed by atoms with E-state index in [-0.39, 0.29) is 23.1 Å². The molecule has 1 aliphatic carbocycles. The second-order valence-corrected chi connectivity index (χ2v) is 7.36. The van der Waals surface area contributed by atoms with Crippen molar-refractivity contribution in [1.29, 1.82) is 0 Å². The maximum Gasteiger partial charge on any atom is 0.387 e. The van der Waals surface area contributed by atoms with Crippen LogP contribution in [0.3, 0.4) is 0 Å². The van der Waals surface area contributed by atoms with E-state index in [2.05, 4.69) is 4.74 Å². The van der Waals surface area contributed by atoms with E-state index in [1.54, 1.807) is 0 Å². The molecule has 22 heavy (non-hydrogen) atoms. The van der Waals surface area contributed by atoms with Gasteiger partial charge >= 0.3 is 12.6 Å². The van der Waals surface area contributed by atoms with Gasteiger partial charge in [0, 0.05) is 6.54 Å². The van der Waals surface area contributed by atoms with Gasteiger partial charge in [0.05, 0.1) is 4.90 Å². The summed E-state index contributed by atoms with van der Waals surface area (Å²) < 4.78 is 54.5. The summed E-state index contributed by atoms with van der Waals surface area (Å²) in [6, 6.07) is 4.51. The summed E-state index contributed by atoms with van der Waals surface area (Å²) in [5, 5.41) is 9.32. The summed E-state index contributed by atoms with van der Waals surface area (Å²) in [6.45, 7) is -2.83. The molecule has 0 radical (unpaired) electrons. The molecule has 2 aliphatic heterocycles. The number of benzene rings is 1. The fraction of sp³-hybridized carbons (Fsp3) is 0.462. The van der Waals surface area contributed by atoms with E-state index in [4.69, 9.17) is 0 Å². The van der Waals surface area contributed by atoms with E-state index in [1.165, 1.54) is 0 Å². The van der Waals surface area contributed by atoms with Gasteiger partial charge in [0.25, 0.3) is 0 Å². The van der Waals surface area contributed by atoms with Crippen LogP contribution < -0.4 is 4.74 Å². The van der Waals surface area contributed by atoms with Crippen LogP contribution in [-0.4, -0.2) is 42.5 Å². The average molecular weight is 333 g/mol. The standard InChI is InChI=1S/C13H13F2NO5S/c14-12(15)21-9-1-3-10(4-2-9)22(19,20)16-7-8-5-13(16,6-8)11(17)18/h1-4,8,12H,5-7H2,(H,17,18). The average Bonchev–Trinajstić information content (AvgIpc) is 2.95. The molecule has 0 aromatic heterocycles. The predicted molar refractivity (Wildman–Crippen MR) is 70.1 cm³/mol. The van der Waals surface area contributed by atoms with E-state index in [0.29, 0.717) is 12.8 Å². The van der Waals surface area contributed by atoms with E-state index >= 15 is 0 Å². The molecule has 0 amide bonds. The highest BCUT2D eigenvalue weighted by Crippen LogP contribution is 2.52. The lowest BCUT2D eigenvalue weighted by atomic mass is 9.74. The molecule has 2 bridgehead atoms. The van der Waals surface area contributed by atoms with Gasteiger partial charge in [-0.15, -0.1) is 0 Å². The number of carboxylic acids is 1. The molecule has 0 atom stereocenters. The number of ether oxygens (including phenoxy) is 1. The second kappa shape index (κ2) is 4.88. The van der Waals surface area contributed by atoms with Crippen LogP contribution in [0.25, 0.3) is 0 Å². The van der Waals surface area contributed by atoms with Crippen molar-refractivity contribution in [3.8, 4) is 5.75 Å². The van der Waals surface area contributed by atoms with E-state index in [0.717, 1.165) is 28.6 Å². The Hall–Kier alpha value is -1.74. The Bertz CT molecular complexity index is 698. The van der Waals surface area contributed by atoms with E-state index < -0.39 is 28.1 Å². The number of nitrogens with zero attached hydrogens (tertiary/aromatic N) is 1. The normalized spacial score (nSPS) is 27.7. The van der Waals surface area contributed by atoms with E-state index in [1.807, 2.05) is 0 Å². The van der Waals surface area contributed by atoms with Crippen molar-refractivity contribution in [2.45, 2.75) is 29.9 Å². The van der Waals surface area contributed by atoms with Gasteiger partial charge in [-0.25, -0.2) is 8.42 Å². The summed E-state index contributed by atoms with van der Waals surface area (Å²) >= 11 is 0. The molecule has 3 fully saturated rings. The molecule has 4 rings (SSSR count). The number of carbonyl (C=O) groups is 1. The fourth-order valence-corrected chi connectivity index (χ4v) is 5.00. The highest BCUT2D eigenvalue weighted by Gasteiger charge is 2.65. The lowest BCUT2D eigenvalue weighted by Crippen LogP contribution is -2.54. The van der Waals surface area contributed by atoms with Crippen LogP contribution in [0.15, 0.2) is 29.2 Å². The number of hydrogen-bond acceptors (Lipinski definition) is 4. The van der Waals surface area contributed by atoms with Crippen molar-refractivity contribution in [2.75, 3.05) is 6.54 Å². The Morgan fingerprint density at radius 2 is 1.91 bits per heavy atom. The highest BCUT2D eigenvalue weighted by molar-refractivity contribution is 7.89. The molecule has 1 N–H and O–H groups in total. The number of alkyl halides is 2. The van der Waals surface area contributed by atoms with Crippen LogP contribution in [-0.2, 0) is 14.8 Å². The first kappa shape index (κ1) is 15.2. The first-order valence-corrected chi connectivity index (χ1v) is 8.01. The molecule has 9 heteroatoms. The third-order valence-electron chi connectivity index (χ3n) is 4.19. The van der Waals surface area contributed by atoms with Gasteiger partial charge < -0.3 is 9.84 Å². The predicted octanol–water partition coefficient (Wildman–Crippen LogP) is 1.53. The molecule has 0 spiro atoms. The van der Waals surface area contributed by atoms with Crippen molar-refractivity contribution < 1.29 is 31.8 Å². The Kier molecular flexibility index (Phi) is 3.37. The van der Waals surface area contributed by atoms with E-state index in [9.17, 15) is 27.1 Å². The SMILES string of the molecule is O=C(O)C12CC(CN1S(=O)(=O)c1ccc(OC(F)F)cc1)C2. The maximum atomic E-state index is 12.6. The number of halogens is 2. The van der Waals surface area contributed by atoms with Crippen LogP contribution >= 0.6 is 0 Å². The van der Waals surface area contributed by atoms with Crippen LogP contribution in [0, 0.1) is 5.92 Å². The Balaban J connectivity index is 1.89. The van der Waals surface area contributed by atoms with Gasteiger partial charge in [0.2, 0.25) is 10.0 Å². The van der Waals surface area contributed by atoms with Crippen LogP contribution in [0.5, 0.6) is 5.75 Å². The lowest BCUT2D eigenvalue weighted by molar-refractivity contribution is -0.150. The Morgan fingerprint density at radius 3 is 2.41 bits per heavy atom. The number of rotatable bonds is 5. The summed E-state index contributed by atoms with van der Waals surface area (Å²) in [6.07, 6.45) is 0.627. The van der Waals surface area contributed by atoms with Crippen LogP contribution in [0.1, 0.15) is 12.8 Å². The van der Waals surface area contributed by atoms with Gasteiger partial charge in [-0.3, -0.25) is 4.79 Å². The van der Waals surface area contributed by atoms with Crippen molar-refractivity contribution in [2.24, 2.45) is 5.92 Å². The van der Waals surface area contributed by atoms with Gasteiger partial charge in [-0.05, 0) is 43.0 Å².